The molecule has 4 nitrogen and oxygen atoms in total. The van der Waals surface area contributed by atoms with Crippen molar-refractivity contribution >= 4 is 78.0 Å². The molecule has 37 heavy (non-hydrogen) atoms. The average Bonchev–Trinajstić information content (AvgIpc) is 3.52. The Kier molecular flexibility index (Phi) is 11.5. The number of nitrogens with zero attached hydrogens (tertiary/aromatic N) is 2. The molecule has 0 aliphatic rings. The molecule has 3 rings (SSSR count). The van der Waals surface area contributed by atoms with E-state index in [9.17, 15) is 5.26 Å². The topological polar surface area (TPSA) is 46.6 Å². The van der Waals surface area contributed by atoms with Crippen molar-refractivity contribution in [3.05, 3.63) is 76.3 Å². The highest BCUT2D eigenvalue weighted by Gasteiger charge is 2.20. The first kappa shape index (κ1) is 29.2. The van der Waals surface area contributed by atoms with Gasteiger partial charge < -0.3 is 9.47 Å². The largest absolute Gasteiger partial charge is 0.497 e. The molecule has 0 radical (unpaired) electrons. The number of rotatable bonds is 12. The molecule has 0 spiro atoms. The van der Waals surface area contributed by atoms with E-state index in [1.165, 1.54) is 0 Å². The van der Waals surface area contributed by atoms with Crippen LogP contribution in [0.4, 0.5) is 0 Å². The Balaban J connectivity index is 2.13. The molecular formula is C29H28Br2N2O2S2. The van der Waals surface area contributed by atoms with Gasteiger partial charge in [-0.3, -0.25) is 0 Å². The van der Waals surface area contributed by atoms with Crippen LogP contribution in [0.5, 0.6) is 11.5 Å². The summed E-state index contributed by atoms with van der Waals surface area (Å²) in [5.41, 5.74) is 2.22. The molecular weight excluding hydrogens is 632 g/mol. The number of hydrogen-bond donors (Lipinski definition) is 0. The van der Waals surface area contributed by atoms with E-state index in [2.05, 4.69) is 56.6 Å². The fourth-order valence-electron chi connectivity index (χ4n) is 3.79. The summed E-state index contributed by atoms with van der Waals surface area (Å²) in [6.07, 6.45) is 8.12. The van der Waals surface area contributed by atoms with E-state index >= 15 is 0 Å². The second-order valence-electron chi connectivity index (χ2n) is 8.37. The minimum atomic E-state index is 0.417. The molecule has 8 heteroatoms. The van der Waals surface area contributed by atoms with Gasteiger partial charge in [0.1, 0.15) is 11.5 Å². The lowest BCUT2D eigenvalue weighted by Crippen LogP contribution is -2.12. The lowest BCUT2D eigenvalue weighted by Gasteiger charge is -2.19. The second kappa shape index (κ2) is 14.5. The van der Waals surface area contributed by atoms with Crippen molar-refractivity contribution in [1.29, 1.82) is 5.26 Å². The van der Waals surface area contributed by atoms with Gasteiger partial charge in [0.05, 0.1) is 39.5 Å². The Labute approximate surface area is 244 Å². The number of halogens is 2. The van der Waals surface area contributed by atoms with Crippen molar-refractivity contribution in [2.75, 3.05) is 13.7 Å². The fourth-order valence-corrected chi connectivity index (χ4v) is 6.52. The van der Waals surface area contributed by atoms with Crippen molar-refractivity contribution in [3.8, 4) is 17.6 Å². The number of benzene rings is 1. The van der Waals surface area contributed by atoms with Crippen LogP contribution in [-0.4, -0.2) is 13.7 Å². The van der Waals surface area contributed by atoms with Crippen LogP contribution >= 0.6 is 54.5 Å². The number of allylic oxidation sites excluding steroid dienone is 1. The minimum Gasteiger partial charge on any atom is -0.497 e. The van der Waals surface area contributed by atoms with Gasteiger partial charge in [0.25, 0.3) is 0 Å². The van der Waals surface area contributed by atoms with Gasteiger partial charge in [-0.25, -0.2) is 4.85 Å². The van der Waals surface area contributed by atoms with Crippen LogP contribution < -0.4 is 9.47 Å². The van der Waals surface area contributed by atoms with Crippen molar-refractivity contribution in [2.24, 2.45) is 5.92 Å². The lowest BCUT2D eigenvalue weighted by molar-refractivity contribution is 0.232. The zero-order valence-corrected chi connectivity index (χ0v) is 25.8. The van der Waals surface area contributed by atoms with E-state index in [4.69, 9.17) is 16.0 Å². The first-order valence-corrected chi connectivity index (χ1v) is 15.2. The average molecular weight is 660 g/mol. The highest BCUT2D eigenvalue weighted by Crippen LogP contribution is 2.40. The first-order chi connectivity index (χ1) is 17.9. The van der Waals surface area contributed by atoms with E-state index < -0.39 is 0 Å². The van der Waals surface area contributed by atoms with E-state index in [-0.39, 0.29) is 0 Å². The maximum absolute atomic E-state index is 10.1. The number of hydrogen-bond acceptors (Lipinski definition) is 5. The smallest absolute Gasteiger partial charge is 0.199 e. The van der Waals surface area contributed by atoms with Crippen LogP contribution in [0.1, 0.15) is 60.4 Å². The van der Waals surface area contributed by atoms with Gasteiger partial charge in [0.2, 0.25) is 0 Å². The third-order valence-corrected chi connectivity index (χ3v) is 9.02. The molecule has 0 aliphatic heterocycles. The highest BCUT2D eigenvalue weighted by molar-refractivity contribution is 9.11. The van der Waals surface area contributed by atoms with Gasteiger partial charge in [0.15, 0.2) is 5.70 Å². The number of unbranched alkanes of at least 4 members (excludes halogenated alkanes) is 1. The van der Waals surface area contributed by atoms with Crippen LogP contribution in [0, 0.1) is 23.8 Å². The molecule has 0 saturated heterocycles. The Hall–Kier alpha value is -2.36. The van der Waals surface area contributed by atoms with Crippen LogP contribution in [0.25, 0.3) is 28.3 Å². The summed E-state index contributed by atoms with van der Waals surface area (Å²) < 4.78 is 14.1. The summed E-state index contributed by atoms with van der Waals surface area (Å²) in [7, 11) is 1.58. The molecule has 0 aliphatic carbocycles. The molecule has 2 aromatic heterocycles. The SMILES string of the molecule is [C-]#[N+]C(=Cc1ccc(Br)s1)c1cc(OCC(CC)CCCC)c(C(C#N)=Cc2ccc(Br)s2)cc1OC. The maximum Gasteiger partial charge on any atom is 0.199 e. The van der Waals surface area contributed by atoms with Crippen LogP contribution in [0.3, 0.4) is 0 Å². The van der Waals surface area contributed by atoms with E-state index in [1.807, 2.05) is 48.6 Å². The number of thiophene rings is 2. The van der Waals surface area contributed by atoms with Gasteiger partial charge in [-0.15, -0.1) is 22.7 Å². The first-order valence-electron chi connectivity index (χ1n) is 12.0. The minimum absolute atomic E-state index is 0.417. The summed E-state index contributed by atoms with van der Waals surface area (Å²) in [6.45, 7) is 12.8. The summed E-state index contributed by atoms with van der Waals surface area (Å²) in [4.78, 5) is 5.73. The zero-order valence-electron chi connectivity index (χ0n) is 21.0. The monoisotopic (exact) mass is 658 g/mol. The molecule has 0 bridgehead atoms. The van der Waals surface area contributed by atoms with Gasteiger partial charge in [-0.1, -0.05) is 33.1 Å². The third-order valence-electron chi connectivity index (χ3n) is 5.88. The van der Waals surface area contributed by atoms with E-state index in [0.717, 1.165) is 43.0 Å². The van der Waals surface area contributed by atoms with Crippen molar-refractivity contribution in [2.45, 2.75) is 39.5 Å². The van der Waals surface area contributed by atoms with Crippen molar-refractivity contribution < 1.29 is 9.47 Å². The molecule has 0 N–H and O–H groups in total. The Morgan fingerprint density at radius 1 is 1.05 bits per heavy atom. The molecule has 192 valence electrons. The Morgan fingerprint density at radius 3 is 2.22 bits per heavy atom. The summed E-state index contributed by atoms with van der Waals surface area (Å²) in [6, 6.07) is 13.9. The predicted molar refractivity (Wildman–Crippen MR) is 164 cm³/mol. The Bertz CT molecular complexity index is 1360. The molecule has 3 aromatic rings. The quantitative estimate of drug-likeness (QED) is 0.144. The molecule has 1 atom stereocenters. The van der Waals surface area contributed by atoms with Gasteiger partial charge in [-0.2, -0.15) is 5.26 Å². The maximum atomic E-state index is 10.1. The highest BCUT2D eigenvalue weighted by atomic mass is 79.9. The van der Waals surface area contributed by atoms with Gasteiger partial charge >= 0.3 is 0 Å². The molecule has 0 amide bonds. The van der Waals surface area contributed by atoms with E-state index in [1.54, 1.807) is 29.8 Å². The number of methoxy groups -OCH3 is 1. The van der Waals surface area contributed by atoms with Crippen LogP contribution in [0.2, 0.25) is 0 Å². The standard InChI is InChI=1S/C29H28Br2N2O2S2/c1-5-7-8-19(6-2)18-35-27-16-24(25(33-3)14-22-10-12-29(31)37-22)26(34-4)15-23(27)20(17-32)13-21-9-11-28(30)36-21/h9-16,19H,5-8,18H2,1-2,4H3. The van der Waals surface area contributed by atoms with Crippen molar-refractivity contribution in [3.63, 3.8) is 0 Å². The predicted octanol–water partition coefficient (Wildman–Crippen LogP) is 10.4. The van der Waals surface area contributed by atoms with Crippen LogP contribution in [0.15, 0.2) is 44.0 Å². The molecule has 0 fully saturated rings. The number of nitriles is 1. The molecule has 1 aromatic carbocycles. The fraction of sp³-hybridized carbons (Fsp3) is 0.310. The van der Waals surface area contributed by atoms with Crippen molar-refractivity contribution in [1.82, 2.24) is 0 Å². The Morgan fingerprint density at radius 2 is 1.70 bits per heavy atom. The summed E-state index contributed by atoms with van der Waals surface area (Å²) in [5, 5.41) is 10.1. The van der Waals surface area contributed by atoms with Crippen LogP contribution in [-0.2, 0) is 0 Å². The second-order valence-corrected chi connectivity index (χ2v) is 13.4. The normalized spacial score (nSPS) is 12.6. The van der Waals surface area contributed by atoms with Gasteiger partial charge in [-0.05, 0) is 92.7 Å². The lowest BCUT2D eigenvalue weighted by atomic mass is 9.98. The third kappa shape index (κ3) is 8.06. The number of ether oxygens (including phenoxy) is 2. The molecule has 1 unspecified atom stereocenters. The molecule has 2 heterocycles. The van der Waals surface area contributed by atoms with E-state index in [0.29, 0.717) is 46.4 Å². The summed E-state index contributed by atoms with van der Waals surface area (Å²) >= 11 is 10.1. The zero-order chi connectivity index (χ0) is 26.8. The summed E-state index contributed by atoms with van der Waals surface area (Å²) in [5.74, 6) is 1.52. The molecule has 0 saturated carbocycles. The van der Waals surface area contributed by atoms with Gasteiger partial charge in [0, 0.05) is 20.9 Å².